The van der Waals surface area contributed by atoms with Crippen LogP contribution in [0.25, 0.3) is 5.69 Å². The van der Waals surface area contributed by atoms with Gasteiger partial charge in [0.15, 0.2) is 0 Å². The number of anilines is 1. The third-order valence-corrected chi connectivity index (χ3v) is 3.14. The molecule has 0 saturated carbocycles. The molecule has 0 saturated heterocycles. The van der Waals surface area contributed by atoms with Crippen LogP contribution in [-0.4, -0.2) is 9.55 Å². The summed E-state index contributed by atoms with van der Waals surface area (Å²) in [6.45, 7) is 3.98. The number of benzene rings is 1. The number of nitrogens with zero attached hydrogens (tertiary/aromatic N) is 2. The minimum Gasteiger partial charge on any atom is -0.369 e. The van der Waals surface area contributed by atoms with E-state index in [9.17, 15) is 0 Å². The summed E-state index contributed by atoms with van der Waals surface area (Å²) in [7, 11) is 0. The van der Waals surface area contributed by atoms with Crippen molar-refractivity contribution in [3.05, 3.63) is 40.1 Å². The highest BCUT2D eigenvalue weighted by Gasteiger charge is 2.05. The van der Waals surface area contributed by atoms with Crippen LogP contribution in [0.4, 0.5) is 5.95 Å². The van der Waals surface area contributed by atoms with E-state index in [1.807, 2.05) is 35.9 Å². The molecule has 0 aliphatic heterocycles. The third kappa shape index (κ3) is 1.90. The van der Waals surface area contributed by atoms with E-state index in [1.165, 1.54) is 5.56 Å². The summed E-state index contributed by atoms with van der Waals surface area (Å²) in [5, 5.41) is 0. The highest BCUT2D eigenvalue weighted by atomic mass is 79.9. The van der Waals surface area contributed by atoms with Crippen LogP contribution in [0.15, 0.2) is 28.9 Å². The molecule has 3 nitrogen and oxygen atoms in total. The average Bonchev–Trinajstić information content (AvgIpc) is 2.50. The van der Waals surface area contributed by atoms with Gasteiger partial charge < -0.3 is 5.73 Å². The topological polar surface area (TPSA) is 43.8 Å². The first-order chi connectivity index (χ1) is 7.08. The molecule has 0 aliphatic carbocycles. The van der Waals surface area contributed by atoms with Crippen molar-refractivity contribution in [2.75, 3.05) is 5.73 Å². The third-order valence-electron chi connectivity index (χ3n) is 2.29. The Bertz CT molecular complexity index is 503. The van der Waals surface area contributed by atoms with E-state index >= 15 is 0 Å². The van der Waals surface area contributed by atoms with Crippen molar-refractivity contribution in [2.24, 2.45) is 0 Å². The van der Waals surface area contributed by atoms with Gasteiger partial charge in [-0.25, -0.2) is 4.98 Å². The largest absolute Gasteiger partial charge is 0.369 e. The molecule has 2 N–H and O–H groups in total. The quantitative estimate of drug-likeness (QED) is 0.862. The molecule has 0 spiro atoms. The molecule has 15 heavy (non-hydrogen) atoms. The van der Waals surface area contributed by atoms with Gasteiger partial charge in [-0.3, -0.25) is 4.57 Å². The van der Waals surface area contributed by atoms with Gasteiger partial charge in [0.1, 0.15) is 0 Å². The van der Waals surface area contributed by atoms with Crippen LogP contribution in [0.5, 0.6) is 0 Å². The molecule has 0 bridgehead atoms. The lowest BCUT2D eigenvalue weighted by atomic mass is 10.2. The molecule has 2 rings (SSSR count). The maximum atomic E-state index is 5.80. The molecule has 0 unspecified atom stereocenters. The van der Waals surface area contributed by atoms with E-state index in [2.05, 4.69) is 27.8 Å². The van der Waals surface area contributed by atoms with E-state index < -0.39 is 0 Å². The predicted molar refractivity (Wildman–Crippen MR) is 65.2 cm³/mol. The van der Waals surface area contributed by atoms with Crippen molar-refractivity contribution in [3.63, 3.8) is 0 Å². The fraction of sp³-hybridized carbons (Fsp3) is 0.182. The van der Waals surface area contributed by atoms with Crippen LogP contribution < -0.4 is 5.73 Å². The maximum Gasteiger partial charge on any atom is 0.205 e. The number of halogens is 1. The Morgan fingerprint density at radius 1 is 1.33 bits per heavy atom. The van der Waals surface area contributed by atoms with E-state index in [0.717, 1.165) is 15.9 Å². The standard InChI is InChI=1S/C11H12BrN3/c1-7-3-4-9(5-10(7)12)15-6-8(2)14-11(15)13/h3-6H,1-2H3,(H2,13,14). The van der Waals surface area contributed by atoms with Gasteiger partial charge in [-0.1, -0.05) is 22.0 Å². The Morgan fingerprint density at radius 3 is 2.60 bits per heavy atom. The monoisotopic (exact) mass is 265 g/mol. The van der Waals surface area contributed by atoms with Gasteiger partial charge in [-0.2, -0.15) is 0 Å². The number of nitrogens with two attached hydrogens (primary N) is 1. The zero-order chi connectivity index (χ0) is 11.0. The van der Waals surface area contributed by atoms with Crippen molar-refractivity contribution in [2.45, 2.75) is 13.8 Å². The predicted octanol–water partition coefficient (Wildman–Crippen LogP) is 2.83. The Kier molecular flexibility index (Phi) is 2.52. The van der Waals surface area contributed by atoms with Crippen LogP contribution in [0.1, 0.15) is 11.3 Å². The van der Waals surface area contributed by atoms with Crippen molar-refractivity contribution in [1.82, 2.24) is 9.55 Å². The highest BCUT2D eigenvalue weighted by molar-refractivity contribution is 9.10. The molecule has 78 valence electrons. The first-order valence-corrected chi connectivity index (χ1v) is 5.45. The molecule has 0 radical (unpaired) electrons. The normalized spacial score (nSPS) is 10.6. The summed E-state index contributed by atoms with van der Waals surface area (Å²) >= 11 is 3.50. The summed E-state index contributed by atoms with van der Waals surface area (Å²) in [6, 6.07) is 6.11. The van der Waals surface area contributed by atoms with Crippen LogP contribution in [-0.2, 0) is 0 Å². The molecule has 0 aliphatic rings. The average molecular weight is 266 g/mol. The van der Waals surface area contributed by atoms with E-state index in [0.29, 0.717) is 5.95 Å². The molecule has 0 fully saturated rings. The van der Waals surface area contributed by atoms with Gasteiger partial charge in [0.2, 0.25) is 5.95 Å². The van der Waals surface area contributed by atoms with Crippen LogP contribution in [0, 0.1) is 13.8 Å². The smallest absolute Gasteiger partial charge is 0.205 e. The molecular weight excluding hydrogens is 254 g/mol. The van der Waals surface area contributed by atoms with Crippen molar-refractivity contribution >= 4 is 21.9 Å². The zero-order valence-corrected chi connectivity index (χ0v) is 10.2. The number of rotatable bonds is 1. The Labute approximate surface area is 97.1 Å². The van der Waals surface area contributed by atoms with E-state index in [1.54, 1.807) is 0 Å². The van der Waals surface area contributed by atoms with Gasteiger partial charge in [0.05, 0.1) is 5.69 Å². The van der Waals surface area contributed by atoms with Crippen molar-refractivity contribution < 1.29 is 0 Å². The van der Waals surface area contributed by atoms with E-state index in [4.69, 9.17) is 5.73 Å². The number of hydrogen-bond acceptors (Lipinski definition) is 2. The molecule has 0 atom stereocenters. The fourth-order valence-electron chi connectivity index (χ4n) is 1.45. The van der Waals surface area contributed by atoms with Crippen LogP contribution in [0.3, 0.4) is 0 Å². The molecule has 1 heterocycles. The highest BCUT2D eigenvalue weighted by Crippen LogP contribution is 2.21. The maximum absolute atomic E-state index is 5.80. The van der Waals surface area contributed by atoms with Gasteiger partial charge in [-0.15, -0.1) is 0 Å². The zero-order valence-electron chi connectivity index (χ0n) is 8.66. The number of imidazole rings is 1. The number of aromatic nitrogens is 2. The number of hydrogen-bond donors (Lipinski definition) is 1. The molecular formula is C11H12BrN3. The number of nitrogen functional groups attached to an aromatic ring is 1. The first kappa shape index (κ1) is 10.2. The summed E-state index contributed by atoms with van der Waals surface area (Å²) < 4.78 is 2.95. The summed E-state index contributed by atoms with van der Waals surface area (Å²) in [5.74, 6) is 0.517. The number of aryl methyl sites for hydroxylation is 2. The minimum atomic E-state index is 0.517. The first-order valence-electron chi connectivity index (χ1n) is 4.66. The van der Waals surface area contributed by atoms with E-state index in [-0.39, 0.29) is 0 Å². The van der Waals surface area contributed by atoms with Gasteiger partial charge >= 0.3 is 0 Å². The van der Waals surface area contributed by atoms with Crippen LogP contribution in [0.2, 0.25) is 0 Å². The molecule has 4 heteroatoms. The lowest BCUT2D eigenvalue weighted by molar-refractivity contribution is 1.07. The lowest BCUT2D eigenvalue weighted by Crippen LogP contribution is -1.99. The van der Waals surface area contributed by atoms with Crippen molar-refractivity contribution in [3.8, 4) is 5.69 Å². The molecule has 1 aromatic heterocycles. The van der Waals surface area contributed by atoms with Gasteiger partial charge in [-0.05, 0) is 31.5 Å². The lowest BCUT2D eigenvalue weighted by Gasteiger charge is -2.06. The summed E-state index contributed by atoms with van der Waals surface area (Å²) in [5.41, 5.74) is 8.94. The molecule has 0 amide bonds. The Hall–Kier alpha value is -1.29. The second-order valence-electron chi connectivity index (χ2n) is 3.54. The Morgan fingerprint density at radius 2 is 2.07 bits per heavy atom. The van der Waals surface area contributed by atoms with Gasteiger partial charge in [0.25, 0.3) is 0 Å². The second kappa shape index (κ2) is 3.70. The summed E-state index contributed by atoms with van der Waals surface area (Å²) in [6.07, 6.45) is 1.92. The molecule has 2 aromatic rings. The Balaban J connectivity index is 2.54. The SMILES string of the molecule is Cc1cn(-c2ccc(C)c(Br)c2)c(N)n1. The minimum absolute atomic E-state index is 0.517. The fourth-order valence-corrected chi connectivity index (χ4v) is 1.82. The molecule has 1 aromatic carbocycles. The summed E-state index contributed by atoms with van der Waals surface area (Å²) in [4.78, 5) is 4.16. The van der Waals surface area contributed by atoms with Gasteiger partial charge in [0, 0.05) is 16.4 Å². The van der Waals surface area contributed by atoms with Crippen molar-refractivity contribution in [1.29, 1.82) is 0 Å². The second-order valence-corrected chi connectivity index (χ2v) is 4.40. The van der Waals surface area contributed by atoms with Crippen LogP contribution >= 0.6 is 15.9 Å².